The first-order chi connectivity index (χ1) is 27.7. The molecule has 2 aromatic heterocycles. The highest BCUT2D eigenvalue weighted by molar-refractivity contribution is 6.33. The molecule has 0 spiro atoms. The molecule has 57 heavy (non-hydrogen) atoms. The molecular weight excluding hydrogens is 746 g/mol. The van der Waals surface area contributed by atoms with Crippen LogP contribution in [0.15, 0.2) is 48.7 Å². The molecule has 3 fully saturated rings. The van der Waals surface area contributed by atoms with Crippen LogP contribution in [0.25, 0.3) is 11.3 Å². The van der Waals surface area contributed by atoms with Gasteiger partial charge < -0.3 is 26.0 Å². The van der Waals surface area contributed by atoms with Crippen LogP contribution in [0.2, 0.25) is 5.02 Å². The quantitative estimate of drug-likeness (QED) is 0.0852. The lowest BCUT2D eigenvalue weighted by atomic mass is 9.82. The third-order valence-electron chi connectivity index (χ3n) is 11.6. The molecule has 0 radical (unpaired) electrons. The number of rotatable bonds is 16. The van der Waals surface area contributed by atoms with E-state index in [1.807, 2.05) is 24.3 Å². The van der Waals surface area contributed by atoms with Gasteiger partial charge in [-0.25, -0.2) is 9.97 Å². The molecule has 3 aromatic rings. The lowest BCUT2D eigenvalue weighted by Crippen LogP contribution is -2.54. The highest BCUT2D eigenvalue weighted by Crippen LogP contribution is 2.34. The minimum Gasteiger partial charge on any atom is -0.384 e. The highest BCUT2D eigenvalue weighted by atomic mass is 35.5. The predicted octanol–water partition coefficient (Wildman–Crippen LogP) is 5.92. The SMILES string of the molecule is N#CC1(CNc2cccc(-c3cc(NC4CCC(NCCCCCCNc5cccc6c5C(=O)N(C5CCC(=O)NC5=O)C6=O)CC4)ncc3Cl)n2)CCOCC1. The van der Waals surface area contributed by atoms with Gasteiger partial charge in [0.1, 0.15) is 17.7 Å². The lowest BCUT2D eigenvalue weighted by molar-refractivity contribution is -0.136. The van der Waals surface area contributed by atoms with Crippen molar-refractivity contribution in [3.8, 4) is 17.3 Å². The molecule has 7 rings (SSSR count). The van der Waals surface area contributed by atoms with Crippen molar-refractivity contribution in [1.29, 1.82) is 5.26 Å². The second-order valence-electron chi connectivity index (χ2n) is 15.5. The number of aromatic nitrogens is 2. The summed E-state index contributed by atoms with van der Waals surface area (Å²) in [6, 6.07) is 15.2. The Kier molecular flexibility index (Phi) is 13.0. The maximum Gasteiger partial charge on any atom is 0.264 e. The number of nitrogens with zero attached hydrogens (tertiary/aromatic N) is 4. The fourth-order valence-electron chi connectivity index (χ4n) is 8.19. The van der Waals surface area contributed by atoms with E-state index in [0.29, 0.717) is 73.3 Å². The first-order valence-electron chi connectivity index (χ1n) is 20.2. The predicted molar refractivity (Wildman–Crippen MR) is 217 cm³/mol. The summed E-state index contributed by atoms with van der Waals surface area (Å²) in [5.74, 6) is -0.529. The molecule has 1 unspecified atom stereocenters. The average molecular weight is 796 g/mol. The molecule has 4 aliphatic rings. The number of imide groups is 2. The van der Waals surface area contributed by atoms with Crippen molar-refractivity contribution >= 4 is 52.6 Å². The summed E-state index contributed by atoms with van der Waals surface area (Å²) in [7, 11) is 0. The summed E-state index contributed by atoms with van der Waals surface area (Å²) in [6.07, 6.45) is 11.6. The Bertz CT molecular complexity index is 2010. The summed E-state index contributed by atoms with van der Waals surface area (Å²) in [5.41, 5.74) is 2.25. The van der Waals surface area contributed by atoms with Gasteiger partial charge >= 0.3 is 0 Å². The van der Waals surface area contributed by atoms with Gasteiger partial charge in [0, 0.05) is 62.3 Å². The normalized spacial score (nSPS) is 21.8. The molecule has 0 bridgehead atoms. The van der Waals surface area contributed by atoms with Crippen LogP contribution >= 0.6 is 11.6 Å². The van der Waals surface area contributed by atoms with Crippen molar-refractivity contribution < 1.29 is 23.9 Å². The molecule has 5 heterocycles. The third kappa shape index (κ3) is 9.55. The Morgan fingerprint density at radius 1 is 0.877 bits per heavy atom. The number of piperidine rings is 1. The van der Waals surface area contributed by atoms with Crippen LogP contribution in [-0.4, -0.2) is 89.5 Å². The summed E-state index contributed by atoms with van der Waals surface area (Å²) in [6.45, 7) is 3.33. The highest BCUT2D eigenvalue weighted by Gasteiger charge is 2.45. The van der Waals surface area contributed by atoms with E-state index in [1.165, 1.54) is 0 Å². The number of ether oxygens (including phenoxy) is 1. The molecule has 1 atom stereocenters. The van der Waals surface area contributed by atoms with Gasteiger partial charge in [-0.1, -0.05) is 36.6 Å². The van der Waals surface area contributed by atoms with E-state index < -0.39 is 35.1 Å². The zero-order valence-corrected chi connectivity index (χ0v) is 32.8. The number of fused-ring (bicyclic) bond motifs is 1. The number of halogens is 1. The third-order valence-corrected chi connectivity index (χ3v) is 11.9. The van der Waals surface area contributed by atoms with Crippen LogP contribution in [0.3, 0.4) is 0 Å². The number of hydrogen-bond acceptors (Lipinski definition) is 12. The summed E-state index contributed by atoms with van der Waals surface area (Å²) < 4.78 is 5.46. The van der Waals surface area contributed by atoms with Gasteiger partial charge in [-0.3, -0.25) is 29.4 Å². The van der Waals surface area contributed by atoms with Crippen molar-refractivity contribution in [1.82, 2.24) is 25.5 Å². The van der Waals surface area contributed by atoms with Crippen LogP contribution in [0.1, 0.15) is 97.8 Å². The van der Waals surface area contributed by atoms with Gasteiger partial charge in [0.2, 0.25) is 11.8 Å². The van der Waals surface area contributed by atoms with Gasteiger partial charge in [0.25, 0.3) is 11.8 Å². The smallest absolute Gasteiger partial charge is 0.264 e. The second kappa shape index (κ2) is 18.4. The van der Waals surface area contributed by atoms with Crippen molar-refractivity contribution in [2.45, 2.75) is 95.2 Å². The minimum absolute atomic E-state index is 0.0899. The van der Waals surface area contributed by atoms with Crippen molar-refractivity contribution in [2.75, 3.05) is 48.8 Å². The molecule has 15 heteroatoms. The minimum atomic E-state index is -0.978. The second-order valence-corrected chi connectivity index (χ2v) is 15.9. The zero-order chi connectivity index (χ0) is 39.8. The van der Waals surface area contributed by atoms with Gasteiger partial charge in [0.05, 0.1) is 33.3 Å². The van der Waals surface area contributed by atoms with Crippen LogP contribution in [0, 0.1) is 16.7 Å². The van der Waals surface area contributed by atoms with Gasteiger partial charge in [-0.05, 0) is 94.7 Å². The maximum absolute atomic E-state index is 13.3. The van der Waals surface area contributed by atoms with E-state index in [-0.39, 0.29) is 18.4 Å². The Balaban J connectivity index is 0.794. The topological polar surface area (TPSA) is 190 Å². The summed E-state index contributed by atoms with van der Waals surface area (Å²) in [4.78, 5) is 60.8. The molecule has 2 saturated heterocycles. The first kappa shape index (κ1) is 40.1. The van der Waals surface area contributed by atoms with Crippen LogP contribution in [0.4, 0.5) is 17.3 Å². The number of carbonyl (C=O) groups excluding carboxylic acids is 4. The van der Waals surface area contributed by atoms with E-state index in [1.54, 1.807) is 24.4 Å². The lowest BCUT2D eigenvalue weighted by Gasteiger charge is -2.30. The molecular formula is C42H50ClN9O5. The molecule has 5 N–H and O–H groups in total. The Labute approximate surface area is 337 Å². The molecule has 1 aromatic carbocycles. The van der Waals surface area contributed by atoms with Gasteiger partial charge in [-0.2, -0.15) is 5.26 Å². The van der Waals surface area contributed by atoms with Crippen molar-refractivity contribution in [3.63, 3.8) is 0 Å². The molecule has 300 valence electrons. The number of carbonyl (C=O) groups is 4. The number of unbranched alkanes of at least 4 members (excludes halogenated alkanes) is 3. The largest absolute Gasteiger partial charge is 0.384 e. The number of hydrogen-bond donors (Lipinski definition) is 5. The van der Waals surface area contributed by atoms with Crippen molar-refractivity contribution in [3.05, 3.63) is 64.8 Å². The van der Waals surface area contributed by atoms with Gasteiger partial charge in [-0.15, -0.1) is 0 Å². The summed E-state index contributed by atoms with van der Waals surface area (Å²) >= 11 is 6.61. The van der Waals surface area contributed by atoms with E-state index in [9.17, 15) is 24.4 Å². The fourth-order valence-corrected chi connectivity index (χ4v) is 8.39. The average Bonchev–Trinajstić information content (AvgIpc) is 3.48. The van der Waals surface area contributed by atoms with E-state index in [4.69, 9.17) is 21.3 Å². The van der Waals surface area contributed by atoms with Crippen LogP contribution in [-0.2, 0) is 14.3 Å². The zero-order valence-electron chi connectivity index (χ0n) is 32.1. The fraction of sp³-hybridized carbons (Fsp3) is 0.500. The Hall–Kier alpha value is -5.10. The number of amides is 4. The molecule has 14 nitrogen and oxygen atoms in total. The number of nitrogens with one attached hydrogen (secondary N) is 5. The molecule has 3 aliphatic heterocycles. The number of pyridine rings is 2. The van der Waals surface area contributed by atoms with Crippen LogP contribution in [0.5, 0.6) is 0 Å². The molecule has 1 aliphatic carbocycles. The summed E-state index contributed by atoms with van der Waals surface area (Å²) in [5, 5.41) is 26.6. The maximum atomic E-state index is 13.3. The Morgan fingerprint density at radius 2 is 1.63 bits per heavy atom. The van der Waals surface area contributed by atoms with Crippen molar-refractivity contribution in [2.24, 2.45) is 5.41 Å². The number of anilines is 3. The number of nitriles is 1. The van der Waals surface area contributed by atoms with Gasteiger partial charge in [0.15, 0.2) is 0 Å². The van der Waals surface area contributed by atoms with E-state index in [0.717, 1.165) is 79.9 Å². The van der Waals surface area contributed by atoms with E-state index in [2.05, 4.69) is 37.6 Å². The van der Waals surface area contributed by atoms with Crippen LogP contribution < -0.4 is 26.6 Å². The van der Waals surface area contributed by atoms with E-state index >= 15 is 0 Å². The molecule has 4 amide bonds. The Morgan fingerprint density at radius 3 is 2.40 bits per heavy atom. The first-order valence-corrected chi connectivity index (χ1v) is 20.6. The molecule has 1 saturated carbocycles. The number of benzene rings is 1. The standard InChI is InChI=1S/C42H50ClN9O5/c43-31-24-47-36(23-30(31)32-8-6-10-35(50-32)48-26-42(25-44)17-21-57-22-18-42)49-28-13-11-27(12-14-28)45-19-3-1-2-4-20-46-33-9-5-7-29-38(33)41(56)52(40(29)55)34-15-16-37(53)51-39(34)54/h5-10,23-24,27-28,34,45-46H,1-4,11-22,26H2,(H,47,49)(H,48,50)(H,51,53,54). The monoisotopic (exact) mass is 795 g/mol.